The van der Waals surface area contributed by atoms with E-state index in [4.69, 9.17) is 5.73 Å². The lowest BCUT2D eigenvalue weighted by molar-refractivity contribution is -0.139. The fraction of sp³-hybridized carbons (Fsp3) is 0.500. The number of nitrogens with two attached hydrogens (primary N) is 1. The van der Waals surface area contributed by atoms with Crippen LogP contribution in [0, 0.1) is 0 Å². The Hall–Kier alpha value is -0.290. The minimum absolute atomic E-state index is 0.0892. The Morgan fingerprint density at radius 3 is 2.08 bits per heavy atom. The first-order chi connectivity index (χ1) is 5.75. The quantitative estimate of drug-likeness (QED) is 0.756. The molecule has 76 valence electrons. The summed E-state index contributed by atoms with van der Waals surface area (Å²) >= 11 is 3.10. The van der Waals surface area contributed by atoms with Crippen LogP contribution >= 0.6 is 15.9 Å². The molecular weight excluding hydrogens is 247 g/mol. The van der Waals surface area contributed by atoms with Gasteiger partial charge in [-0.3, -0.25) is 0 Å². The molecule has 0 amide bonds. The maximum atomic E-state index is 12.0. The SMILES string of the molecule is C/C(Br)=C\C=C(/C)[C@H](N)C(F)(F)F. The summed E-state index contributed by atoms with van der Waals surface area (Å²) < 4.78 is 36.8. The zero-order chi connectivity index (χ0) is 10.6. The second-order valence-electron chi connectivity index (χ2n) is 2.68. The van der Waals surface area contributed by atoms with Crippen LogP contribution in [0.15, 0.2) is 22.2 Å². The van der Waals surface area contributed by atoms with E-state index in [-0.39, 0.29) is 5.57 Å². The number of hydrogen-bond acceptors (Lipinski definition) is 1. The molecule has 0 aliphatic carbocycles. The molecule has 1 nitrogen and oxygen atoms in total. The van der Waals surface area contributed by atoms with Crippen molar-refractivity contribution < 1.29 is 13.2 Å². The van der Waals surface area contributed by atoms with Gasteiger partial charge >= 0.3 is 6.18 Å². The number of halogens is 4. The standard InChI is InChI=1S/C8H11BrF3N/c1-5(3-4-6(2)9)7(13)8(10,11)12/h3-4,7H,13H2,1-2H3/b5-3+,6-4+/t7-/m0/s1. The van der Waals surface area contributed by atoms with Crippen LogP contribution in [-0.4, -0.2) is 12.2 Å². The van der Waals surface area contributed by atoms with Crippen LogP contribution in [0.4, 0.5) is 13.2 Å². The summed E-state index contributed by atoms with van der Waals surface area (Å²) in [5, 5.41) is 0. The molecule has 0 spiro atoms. The van der Waals surface area contributed by atoms with Crippen molar-refractivity contribution in [2.75, 3.05) is 0 Å². The molecule has 2 N–H and O–H groups in total. The molecule has 5 heteroatoms. The largest absolute Gasteiger partial charge is 0.407 e. The maximum Gasteiger partial charge on any atom is 0.407 e. The van der Waals surface area contributed by atoms with Gasteiger partial charge in [0.05, 0.1) is 0 Å². The molecule has 0 saturated heterocycles. The maximum absolute atomic E-state index is 12.0. The molecule has 0 aromatic carbocycles. The Morgan fingerprint density at radius 1 is 1.31 bits per heavy atom. The minimum atomic E-state index is -4.37. The van der Waals surface area contributed by atoms with E-state index in [2.05, 4.69) is 15.9 Å². The van der Waals surface area contributed by atoms with E-state index in [1.807, 2.05) is 0 Å². The zero-order valence-corrected chi connectivity index (χ0v) is 8.91. The topological polar surface area (TPSA) is 26.0 Å². The molecule has 0 bridgehead atoms. The highest BCUT2D eigenvalue weighted by molar-refractivity contribution is 9.11. The van der Waals surface area contributed by atoms with Crippen molar-refractivity contribution >= 4 is 15.9 Å². The molecule has 0 aliphatic rings. The van der Waals surface area contributed by atoms with Gasteiger partial charge in [-0.2, -0.15) is 13.2 Å². The summed E-state index contributed by atoms with van der Waals surface area (Å²) in [6, 6.07) is -1.88. The van der Waals surface area contributed by atoms with Crippen molar-refractivity contribution in [1.82, 2.24) is 0 Å². The van der Waals surface area contributed by atoms with Crippen LogP contribution in [0.3, 0.4) is 0 Å². The van der Waals surface area contributed by atoms with Crippen LogP contribution in [0.25, 0.3) is 0 Å². The highest BCUT2D eigenvalue weighted by Crippen LogP contribution is 2.23. The fourth-order valence-electron chi connectivity index (χ4n) is 0.608. The van der Waals surface area contributed by atoms with Gasteiger partial charge in [0.25, 0.3) is 0 Å². The normalized spacial score (nSPS) is 17.5. The third kappa shape index (κ3) is 5.10. The second kappa shape index (κ2) is 4.81. The average Bonchev–Trinajstić information content (AvgIpc) is 1.96. The summed E-state index contributed by atoms with van der Waals surface area (Å²) in [5.74, 6) is 0. The van der Waals surface area contributed by atoms with E-state index < -0.39 is 12.2 Å². The number of allylic oxidation sites excluding steroid dienone is 3. The van der Waals surface area contributed by atoms with Gasteiger partial charge in [0.2, 0.25) is 0 Å². The summed E-state index contributed by atoms with van der Waals surface area (Å²) in [6.07, 6.45) is -1.49. The molecule has 0 unspecified atom stereocenters. The first-order valence-electron chi connectivity index (χ1n) is 3.58. The lowest BCUT2D eigenvalue weighted by Crippen LogP contribution is -2.38. The Kier molecular flexibility index (Phi) is 4.70. The van der Waals surface area contributed by atoms with E-state index >= 15 is 0 Å². The first-order valence-corrected chi connectivity index (χ1v) is 4.37. The van der Waals surface area contributed by atoms with Crippen LogP contribution in [0.1, 0.15) is 13.8 Å². The summed E-state index contributed by atoms with van der Waals surface area (Å²) in [4.78, 5) is 0. The number of hydrogen-bond donors (Lipinski definition) is 1. The molecule has 0 aliphatic heterocycles. The molecular formula is C8H11BrF3N. The van der Waals surface area contributed by atoms with Gasteiger partial charge in [0.15, 0.2) is 0 Å². The van der Waals surface area contributed by atoms with Gasteiger partial charge in [0.1, 0.15) is 6.04 Å². The molecule has 0 saturated carbocycles. The number of rotatable bonds is 2. The summed E-state index contributed by atoms with van der Waals surface area (Å²) in [7, 11) is 0. The van der Waals surface area contributed by atoms with Crippen molar-refractivity contribution in [3.05, 3.63) is 22.2 Å². The molecule has 0 aromatic rings. The zero-order valence-electron chi connectivity index (χ0n) is 7.32. The average molecular weight is 258 g/mol. The van der Waals surface area contributed by atoms with Gasteiger partial charge in [-0.05, 0) is 23.9 Å². The van der Waals surface area contributed by atoms with Crippen LogP contribution < -0.4 is 5.73 Å². The molecule has 0 aromatic heterocycles. The lowest BCUT2D eigenvalue weighted by Gasteiger charge is -2.15. The van der Waals surface area contributed by atoms with Crippen LogP contribution in [-0.2, 0) is 0 Å². The fourth-order valence-corrected chi connectivity index (χ4v) is 0.740. The summed E-state index contributed by atoms with van der Waals surface area (Å²) in [6.45, 7) is 3.08. The van der Waals surface area contributed by atoms with Crippen molar-refractivity contribution in [3.8, 4) is 0 Å². The van der Waals surface area contributed by atoms with Gasteiger partial charge in [-0.1, -0.05) is 28.1 Å². The highest BCUT2D eigenvalue weighted by atomic mass is 79.9. The monoisotopic (exact) mass is 257 g/mol. The first kappa shape index (κ1) is 12.7. The third-order valence-corrected chi connectivity index (χ3v) is 1.68. The van der Waals surface area contributed by atoms with Gasteiger partial charge in [-0.25, -0.2) is 0 Å². The molecule has 0 rings (SSSR count). The van der Waals surface area contributed by atoms with E-state index in [9.17, 15) is 13.2 Å². The third-order valence-electron chi connectivity index (χ3n) is 1.42. The molecule has 1 atom stereocenters. The van der Waals surface area contributed by atoms with Crippen LogP contribution in [0.2, 0.25) is 0 Å². The van der Waals surface area contributed by atoms with E-state index in [1.165, 1.54) is 19.1 Å². The smallest absolute Gasteiger partial charge is 0.317 e. The van der Waals surface area contributed by atoms with E-state index in [0.717, 1.165) is 4.48 Å². The Morgan fingerprint density at radius 2 is 1.77 bits per heavy atom. The van der Waals surface area contributed by atoms with E-state index in [0.29, 0.717) is 0 Å². The van der Waals surface area contributed by atoms with Crippen molar-refractivity contribution in [3.63, 3.8) is 0 Å². The van der Waals surface area contributed by atoms with Crippen molar-refractivity contribution in [2.24, 2.45) is 5.73 Å². The Labute approximate surface area is 83.6 Å². The van der Waals surface area contributed by atoms with Gasteiger partial charge in [0, 0.05) is 0 Å². The van der Waals surface area contributed by atoms with Gasteiger partial charge in [-0.15, -0.1) is 0 Å². The lowest BCUT2D eigenvalue weighted by atomic mass is 10.1. The highest BCUT2D eigenvalue weighted by Gasteiger charge is 2.37. The second-order valence-corrected chi connectivity index (χ2v) is 3.93. The predicted octanol–water partition coefficient (Wildman–Crippen LogP) is 3.12. The number of alkyl halides is 3. The molecule has 0 fully saturated rings. The van der Waals surface area contributed by atoms with Gasteiger partial charge < -0.3 is 5.73 Å². The minimum Gasteiger partial charge on any atom is -0.317 e. The van der Waals surface area contributed by atoms with Crippen LogP contribution in [0.5, 0.6) is 0 Å². The molecule has 13 heavy (non-hydrogen) atoms. The summed E-state index contributed by atoms with van der Waals surface area (Å²) in [5.41, 5.74) is 5.03. The van der Waals surface area contributed by atoms with E-state index in [1.54, 1.807) is 6.92 Å². The Balaban J connectivity index is 4.52. The molecule has 0 radical (unpaired) electrons. The van der Waals surface area contributed by atoms with Crippen molar-refractivity contribution in [1.29, 1.82) is 0 Å². The van der Waals surface area contributed by atoms with Crippen molar-refractivity contribution in [2.45, 2.75) is 26.1 Å². The molecule has 0 heterocycles. The predicted molar refractivity (Wildman–Crippen MR) is 50.5 cm³/mol. The Bertz CT molecular complexity index is 226.